The second-order valence-corrected chi connectivity index (χ2v) is 6.58. The number of rotatable bonds is 4. The Bertz CT molecular complexity index is 989. The van der Waals surface area contributed by atoms with Crippen molar-refractivity contribution in [3.05, 3.63) is 58.1 Å². The van der Waals surface area contributed by atoms with Gasteiger partial charge in [-0.15, -0.1) is 10.2 Å². The number of benzene rings is 2. The number of phenols is 1. The first kappa shape index (κ1) is 16.2. The number of nitrogens with one attached hydrogen (secondary N) is 1. The molecule has 1 aliphatic rings. The quantitative estimate of drug-likeness (QED) is 0.531. The molecule has 0 fully saturated rings. The number of hydrogen-bond donors (Lipinski definition) is 2. The maximum atomic E-state index is 10.8. The molecule has 1 aliphatic heterocycles. The van der Waals surface area contributed by atoms with Gasteiger partial charge in [-0.2, -0.15) is 0 Å². The highest BCUT2D eigenvalue weighted by Gasteiger charge is 2.28. The van der Waals surface area contributed by atoms with Crippen molar-refractivity contribution in [1.82, 2.24) is 14.9 Å². The number of nitrogens with zero attached hydrogens (tertiary/aromatic N) is 4. The fourth-order valence-electron chi connectivity index (χ4n) is 2.63. The van der Waals surface area contributed by atoms with E-state index in [0.29, 0.717) is 22.3 Å². The molecule has 9 nitrogen and oxygen atoms in total. The molecule has 0 spiro atoms. The minimum Gasteiger partial charge on any atom is -0.504 e. The first-order chi connectivity index (χ1) is 12.6. The Balaban J connectivity index is 1.62. The summed E-state index contributed by atoms with van der Waals surface area (Å²) in [5, 5.41) is 29.4. The van der Waals surface area contributed by atoms with E-state index >= 15 is 0 Å². The van der Waals surface area contributed by atoms with Crippen LogP contribution in [0.25, 0.3) is 11.4 Å². The lowest BCUT2D eigenvalue weighted by Crippen LogP contribution is -2.13. The molecule has 0 saturated heterocycles. The normalized spacial score (nSPS) is 15.3. The van der Waals surface area contributed by atoms with Crippen LogP contribution in [0.5, 0.6) is 11.5 Å². The van der Waals surface area contributed by atoms with E-state index in [1.54, 1.807) is 35.0 Å². The highest BCUT2D eigenvalue weighted by atomic mass is 32.2. The van der Waals surface area contributed by atoms with E-state index in [-0.39, 0.29) is 16.8 Å². The van der Waals surface area contributed by atoms with Gasteiger partial charge in [-0.1, -0.05) is 17.8 Å². The molecule has 1 atom stereocenters. The first-order valence-corrected chi connectivity index (χ1v) is 8.45. The third-order valence-electron chi connectivity index (χ3n) is 3.95. The zero-order valence-electron chi connectivity index (χ0n) is 13.5. The van der Waals surface area contributed by atoms with Gasteiger partial charge in [0.25, 0.3) is 5.69 Å². The number of non-ortho nitro benzene ring substituents is 1. The largest absolute Gasteiger partial charge is 0.504 e. The minimum absolute atomic E-state index is 0.0197. The van der Waals surface area contributed by atoms with Crippen molar-refractivity contribution in [2.45, 2.75) is 10.5 Å². The molecule has 0 bridgehead atoms. The van der Waals surface area contributed by atoms with Crippen LogP contribution in [-0.4, -0.2) is 32.0 Å². The second kappa shape index (κ2) is 6.23. The molecule has 4 rings (SSSR count). The summed E-state index contributed by atoms with van der Waals surface area (Å²) in [6.45, 7) is 0. The molecule has 2 aromatic carbocycles. The monoisotopic (exact) mass is 371 g/mol. The summed E-state index contributed by atoms with van der Waals surface area (Å²) in [5.74, 6) is 1.03. The molecular weight excluding hydrogens is 358 g/mol. The van der Waals surface area contributed by atoms with Crippen molar-refractivity contribution < 1.29 is 14.8 Å². The molecule has 0 amide bonds. The Hall–Kier alpha value is -3.27. The zero-order chi connectivity index (χ0) is 18.3. The van der Waals surface area contributed by atoms with Crippen LogP contribution < -0.4 is 10.2 Å². The lowest BCUT2D eigenvalue weighted by molar-refractivity contribution is -0.384. The Morgan fingerprint density at radius 2 is 2.04 bits per heavy atom. The Labute approximate surface area is 151 Å². The first-order valence-electron chi connectivity index (χ1n) is 7.57. The summed E-state index contributed by atoms with van der Waals surface area (Å²) in [6, 6.07) is 11.3. The van der Waals surface area contributed by atoms with Crippen LogP contribution in [0.3, 0.4) is 0 Å². The van der Waals surface area contributed by atoms with Crippen molar-refractivity contribution in [1.29, 1.82) is 0 Å². The number of phenolic OH excluding ortho intramolecular Hbond substituents is 1. The molecule has 3 aromatic rings. The molecule has 26 heavy (non-hydrogen) atoms. The summed E-state index contributed by atoms with van der Waals surface area (Å²) in [5.41, 5.74) is 4.93. The molecule has 10 heteroatoms. The molecule has 0 saturated carbocycles. The zero-order valence-corrected chi connectivity index (χ0v) is 14.3. The number of methoxy groups -OCH3 is 1. The predicted octanol–water partition coefficient (Wildman–Crippen LogP) is 2.92. The highest BCUT2D eigenvalue weighted by Crippen LogP contribution is 2.42. The van der Waals surface area contributed by atoms with Crippen molar-refractivity contribution >= 4 is 17.4 Å². The third kappa shape index (κ3) is 2.69. The number of aromatic nitrogens is 3. The van der Waals surface area contributed by atoms with E-state index < -0.39 is 4.92 Å². The maximum Gasteiger partial charge on any atom is 0.269 e. The lowest BCUT2D eigenvalue weighted by Gasteiger charge is -2.13. The summed E-state index contributed by atoms with van der Waals surface area (Å²) in [7, 11) is 1.50. The molecular formula is C16H13N5O4S. The van der Waals surface area contributed by atoms with Gasteiger partial charge in [-0.3, -0.25) is 10.1 Å². The van der Waals surface area contributed by atoms with E-state index in [0.717, 1.165) is 5.56 Å². The van der Waals surface area contributed by atoms with Crippen LogP contribution in [0.15, 0.2) is 47.6 Å². The highest BCUT2D eigenvalue weighted by molar-refractivity contribution is 7.99. The van der Waals surface area contributed by atoms with Gasteiger partial charge in [-0.25, -0.2) is 4.68 Å². The SMILES string of the molecule is COc1cc([C@H]2Nn3c(nnc3-c3ccc([N+](=O)[O-])cc3)S2)ccc1O. The standard InChI is InChI=1S/C16H13N5O4S/c1-25-13-8-10(4-7-12(13)22)15-19-20-14(17-18-16(20)26-15)9-2-5-11(6-3-9)21(23)24/h2-8,15,19,22H,1H3/t15-/m0/s1. The molecule has 0 aliphatic carbocycles. The van der Waals surface area contributed by atoms with Crippen molar-refractivity contribution in [3.8, 4) is 22.9 Å². The van der Waals surface area contributed by atoms with Gasteiger partial charge in [0.05, 0.1) is 12.0 Å². The summed E-state index contributed by atoms with van der Waals surface area (Å²) in [4.78, 5) is 10.3. The topological polar surface area (TPSA) is 115 Å². The maximum absolute atomic E-state index is 10.8. The van der Waals surface area contributed by atoms with E-state index in [1.165, 1.54) is 31.0 Å². The smallest absolute Gasteiger partial charge is 0.269 e. The Kier molecular flexibility index (Phi) is 3.88. The average Bonchev–Trinajstić information content (AvgIpc) is 3.23. The van der Waals surface area contributed by atoms with E-state index in [2.05, 4.69) is 15.6 Å². The summed E-state index contributed by atoms with van der Waals surface area (Å²) < 4.78 is 6.90. The molecule has 1 aromatic heterocycles. The van der Waals surface area contributed by atoms with Gasteiger partial charge in [-0.05, 0) is 29.8 Å². The molecule has 0 unspecified atom stereocenters. The second-order valence-electron chi connectivity index (χ2n) is 5.50. The molecule has 0 radical (unpaired) electrons. The molecule has 2 heterocycles. The number of nitro groups is 1. The molecule has 132 valence electrons. The predicted molar refractivity (Wildman–Crippen MR) is 94.7 cm³/mol. The number of hydrogen-bond acceptors (Lipinski definition) is 8. The van der Waals surface area contributed by atoms with Gasteiger partial charge in [0, 0.05) is 17.7 Å². The van der Waals surface area contributed by atoms with Crippen LogP contribution in [0.2, 0.25) is 0 Å². The van der Waals surface area contributed by atoms with Gasteiger partial charge in [0.1, 0.15) is 5.37 Å². The van der Waals surface area contributed by atoms with Crippen LogP contribution in [0.4, 0.5) is 5.69 Å². The van der Waals surface area contributed by atoms with E-state index in [9.17, 15) is 15.2 Å². The average molecular weight is 371 g/mol. The van der Waals surface area contributed by atoms with Gasteiger partial charge in [0.15, 0.2) is 17.3 Å². The number of ether oxygens (including phenoxy) is 1. The van der Waals surface area contributed by atoms with Crippen LogP contribution in [0.1, 0.15) is 10.9 Å². The number of aromatic hydroxyl groups is 1. The lowest BCUT2D eigenvalue weighted by atomic mass is 10.2. The van der Waals surface area contributed by atoms with E-state index in [4.69, 9.17) is 4.74 Å². The minimum atomic E-state index is -0.444. The van der Waals surface area contributed by atoms with Gasteiger partial charge < -0.3 is 15.3 Å². The Morgan fingerprint density at radius 3 is 2.73 bits per heavy atom. The van der Waals surface area contributed by atoms with Crippen molar-refractivity contribution in [3.63, 3.8) is 0 Å². The third-order valence-corrected chi connectivity index (χ3v) is 5.03. The summed E-state index contributed by atoms with van der Waals surface area (Å²) in [6.07, 6.45) is 0. The van der Waals surface area contributed by atoms with Crippen LogP contribution in [-0.2, 0) is 0 Å². The molecule has 2 N–H and O–H groups in total. The van der Waals surface area contributed by atoms with Gasteiger partial charge >= 0.3 is 0 Å². The van der Waals surface area contributed by atoms with Gasteiger partial charge in [0.2, 0.25) is 5.16 Å². The number of thioether (sulfide) groups is 1. The van der Waals surface area contributed by atoms with Crippen molar-refractivity contribution in [2.24, 2.45) is 0 Å². The fraction of sp³-hybridized carbons (Fsp3) is 0.125. The fourth-order valence-corrected chi connectivity index (χ4v) is 3.61. The number of fused-ring (bicyclic) bond motifs is 1. The summed E-state index contributed by atoms with van der Waals surface area (Å²) >= 11 is 1.47. The Morgan fingerprint density at radius 1 is 1.27 bits per heavy atom. The van der Waals surface area contributed by atoms with Crippen LogP contribution >= 0.6 is 11.8 Å². The van der Waals surface area contributed by atoms with Crippen molar-refractivity contribution in [2.75, 3.05) is 12.5 Å². The van der Waals surface area contributed by atoms with E-state index in [1.807, 2.05) is 0 Å². The van der Waals surface area contributed by atoms with Crippen LogP contribution in [0, 0.1) is 10.1 Å². The number of nitro benzene ring substituents is 1.